The number of rotatable bonds is 4. The van der Waals surface area contributed by atoms with E-state index in [1.54, 1.807) is 12.1 Å². The minimum absolute atomic E-state index is 0.0418. The molecule has 20 heavy (non-hydrogen) atoms. The summed E-state index contributed by atoms with van der Waals surface area (Å²) in [6, 6.07) is 5.34. The number of carbonyl (C=O) groups excluding carboxylic acids is 1. The van der Waals surface area contributed by atoms with E-state index in [9.17, 15) is 4.79 Å². The highest BCUT2D eigenvalue weighted by Crippen LogP contribution is 2.29. The number of nitrogens with zero attached hydrogens (tertiary/aromatic N) is 1. The predicted octanol–water partition coefficient (Wildman–Crippen LogP) is 3.53. The summed E-state index contributed by atoms with van der Waals surface area (Å²) in [5.41, 5.74) is 1.11. The van der Waals surface area contributed by atoms with Crippen molar-refractivity contribution in [2.45, 2.75) is 6.61 Å². The van der Waals surface area contributed by atoms with Crippen LogP contribution in [-0.2, 0) is 16.1 Å². The fourth-order valence-electron chi connectivity index (χ4n) is 1.62. The Kier molecular flexibility index (Phi) is 5.00. The van der Waals surface area contributed by atoms with Gasteiger partial charge in [0.05, 0.1) is 19.3 Å². The van der Waals surface area contributed by atoms with Crippen molar-refractivity contribution in [2.75, 3.05) is 14.2 Å². The molecule has 0 saturated heterocycles. The van der Waals surface area contributed by atoms with Crippen molar-refractivity contribution < 1.29 is 18.7 Å². The second-order valence-electron chi connectivity index (χ2n) is 3.84. The Morgan fingerprint density at radius 3 is 2.85 bits per heavy atom. The third-order valence-corrected chi connectivity index (χ3v) is 3.68. The van der Waals surface area contributed by atoms with E-state index in [0.29, 0.717) is 22.2 Å². The van der Waals surface area contributed by atoms with E-state index in [2.05, 4.69) is 32.3 Å². The van der Waals surface area contributed by atoms with Gasteiger partial charge in [-0.1, -0.05) is 11.6 Å². The van der Waals surface area contributed by atoms with Crippen LogP contribution >= 0.6 is 34.2 Å². The molecule has 1 aromatic heterocycles. The molecule has 0 aliphatic heterocycles. The van der Waals surface area contributed by atoms with Gasteiger partial charge in [-0.05, 0) is 40.8 Å². The maximum Gasteiger partial charge on any atom is 0.376 e. The predicted molar refractivity (Wildman–Crippen MR) is 81.7 cm³/mol. The number of aromatic nitrogens is 1. The molecule has 2 rings (SSSR count). The van der Waals surface area contributed by atoms with Crippen LogP contribution in [0.1, 0.15) is 16.2 Å². The summed E-state index contributed by atoms with van der Waals surface area (Å²) in [4.78, 5) is 16.0. The largest absolute Gasteiger partial charge is 0.463 e. The Labute approximate surface area is 134 Å². The number of hydrogen-bond donors (Lipinski definition) is 0. The molecule has 0 aliphatic carbocycles. The van der Waals surface area contributed by atoms with Crippen molar-refractivity contribution in [1.82, 2.24) is 4.98 Å². The Morgan fingerprint density at radius 1 is 1.45 bits per heavy atom. The highest BCUT2D eigenvalue weighted by atomic mass is 127. The van der Waals surface area contributed by atoms with Crippen LogP contribution in [0.25, 0.3) is 11.5 Å². The van der Waals surface area contributed by atoms with Gasteiger partial charge in [-0.25, -0.2) is 9.78 Å². The smallest absolute Gasteiger partial charge is 0.376 e. The monoisotopic (exact) mass is 407 g/mol. The molecular weight excluding hydrogens is 397 g/mol. The van der Waals surface area contributed by atoms with E-state index in [1.807, 2.05) is 6.07 Å². The minimum atomic E-state index is -0.590. The van der Waals surface area contributed by atoms with Gasteiger partial charge in [0.25, 0.3) is 0 Å². The molecule has 5 nitrogen and oxygen atoms in total. The Bertz CT molecular complexity index is 641. The molecule has 1 aromatic carbocycles. The molecule has 0 spiro atoms. The van der Waals surface area contributed by atoms with Gasteiger partial charge in [-0.15, -0.1) is 0 Å². The second kappa shape index (κ2) is 6.55. The van der Waals surface area contributed by atoms with Crippen LogP contribution in [-0.4, -0.2) is 25.2 Å². The lowest BCUT2D eigenvalue weighted by Gasteiger charge is -2.00. The van der Waals surface area contributed by atoms with Gasteiger partial charge < -0.3 is 13.9 Å². The molecule has 2 aromatic rings. The number of ether oxygens (including phenoxy) is 2. The normalized spacial score (nSPS) is 10.6. The first kappa shape index (κ1) is 15.3. The zero-order valence-electron chi connectivity index (χ0n) is 10.8. The molecule has 0 saturated carbocycles. The third kappa shape index (κ3) is 3.13. The van der Waals surface area contributed by atoms with Crippen LogP contribution in [0.15, 0.2) is 22.6 Å². The van der Waals surface area contributed by atoms with Crippen LogP contribution in [0, 0.1) is 3.57 Å². The summed E-state index contributed by atoms with van der Waals surface area (Å²) >= 11 is 8.12. The average Bonchev–Trinajstić information content (AvgIpc) is 2.85. The number of carbonyl (C=O) groups is 1. The van der Waals surface area contributed by atoms with Gasteiger partial charge in [0.15, 0.2) is 0 Å². The number of esters is 1. The molecule has 0 fully saturated rings. The highest BCUT2D eigenvalue weighted by molar-refractivity contribution is 14.1. The summed E-state index contributed by atoms with van der Waals surface area (Å²) in [5, 5.41) is 0.562. The maximum atomic E-state index is 11.7. The Hall–Kier alpha value is -1.12. The highest BCUT2D eigenvalue weighted by Gasteiger charge is 2.22. The van der Waals surface area contributed by atoms with Crippen molar-refractivity contribution in [1.29, 1.82) is 0 Å². The van der Waals surface area contributed by atoms with Crippen LogP contribution in [0.5, 0.6) is 0 Å². The fraction of sp³-hybridized carbons (Fsp3) is 0.231. The van der Waals surface area contributed by atoms with E-state index in [1.165, 1.54) is 14.2 Å². The number of oxazole rings is 1. The third-order valence-electron chi connectivity index (χ3n) is 2.51. The van der Waals surface area contributed by atoms with Gasteiger partial charge in [-0.2, -0.15) is 0 Å². The van der Waals surface area contributed by atoms with Gasteiger partial charge in [0.1, 0.15) is 5.69 Å². The molecule has 1 heterocycles. The van der Waals surface area contributed by atoms with Crippen molar-refractivity contribution >= 4 is 40.2 Å². The van der Waals surface area contributed by atoms with Crippen molar-refractivity contribution in [2.24, 2.45) is 0 Å². The number of hydrogen-bond acceptors (Lipinski definition) is 5. The topological polar surface area (TPSA) is 61.6 Å². The molecule has 0 atom stereocenters. The van der Waals surface area contributed by atoms with Gasteiger partial charge >= 0.3 is 5.97 Å². The minimum Gasteiger partial charge on any atom is -0.463 e. The summed E-state index contributed by atoms with van der Waals surface area (Å²) in [6.07, 6.45) is 0. The maximum absolute atomic E-state index is 11.7. The molecule has 106 valence electrons. The van der Waals surface area contributed by atoms with E-state index in [0.717, 1.165) is 3.57 Å². The molecule has 0 aliphatic rings. The van der Waals surface area contributed by atoms with E-state index in [-0.39, 0.29) is 12.4 Å². The SMILES string of the molecule is COCc1nc(-c2cc(Cl)ccc2I)oc1C(=O)OC. The van der Waals surface area contributed by atoms with Crippen LogP contribution in [0.2, 0.25) is 5.02 Å². The first-order valence-corrected chi connectivity index (χ1v) is 7.05. The average molecular weight is 408 g/mol. The molecule has 0 unspecified atom stereocenters. The second-order valence-corrected chi connectivity index (χ2v) is 5.44. The van der Waals surface area contributed by atoms with E-state index in [4.69, 9.17) is 20.8 Å². The molecular formula is C13H11ClINO4. The Morgan fingerprint density at radius 2 is 2.20 bits per heavy atom. The van der Waals surface area contributed by atoms with Crippen LogP contribution < -0.4 is 0 Å². The van der Waals surface area contributed by atoms with Gasteiger partial charge in [0.2, 0.25) is 11.7 Å². The van der Waals surface area contributed by atoms with E-state index < -0.39 is 5.97 Å². The van der Waals surface area contributed by atoms with Crippen molar-refractivity contribution in [3.05, 3.63) is 38.2 Å². The lowest BCUT2D eigenvalue weighted by Crippen LogP contribution is -2.04. The zero-order chi connectivity index (χ0) is 14.7. The number of methoxy groups -OCH3 is 2. The van der Waals surface area contributed by atoms with Crippen molar-refractivity contribution in [3.63, 3.8) is 0 Å². The van der Waals surface area contributed by atoms with E-state index >= 15 is 0 Å². The molecule has 0 bridgehead atoms. The lowest BCUT2D eigenvalue weighted by atomic mass is 10.2. The molecule has 0 amide bonds. The van der Waals surface area contributed by atoms with Crippen LogP contribution in [0.4, 0.5) is 0 Å². The number of benzene rings is 1. The quantitative estimate of drug-likeness (QED) is 0.573. The zero-order valence-corrected chi connectivity index (χ0v) is 13.7. The Balaban J connectivity index is 2.52. The molecule has 0 N–H and O–H groups in total. The summed E-state index contributed by atoms with van der Waals surface area (Å²) in [5.74, 6) is -0.239. The first-order valence-electron chi connectivity index (χ1n) is 5.59. The fourth-order valence-corrected chi connectivity index (χ4v) is 2.35. The van der Waals surface area contributed by atoms with Gasteiger partial charge in [-0.3, -0.25) is 0 Å². The van der Waals surface area contributed by atoms with Gasteiger partial charge in [0, 0.05) is 15.7 Å². The lowest BCUT2D eigenvalue weighted by molar-refractivity contribution is 0.0559. The van der Waals surface area contributed by atoms with Crippen LogP contribution in [0.3, 0.4) is 0 Å². The summed E-state index contributed by atoms with van der Waals surface area (Å²) in [7, 11) is 2.79. The van der Waals surface area contributed by atoms with Crippen molar-refractivity contribution in [3.8, 4) is 11.5 Å². The first-order chi connectivity index (χ1) is 9.56. The molecule has 0 radical (unpaired) electrons. The number of halogens is 2. The standard InChI is InChI=1S/C13H11ClINO4/c1-18-6-10-11(13(17)19-2)20-12(16-10)8-5-7(14)3-4-9(8)15/h3-5H,6H2,1-2H3. The summed E-state index contributed by atoms with van der Waals surface area (Å²) in [6.45, 7) is 0.158. The summed E-state index contributed by atoms with van der Waals surface area (Å²) < 4.78 is 16.1. The molecule has 7 heteroatoms.